The van der Waals surface area contributed by atoms with Gasteiger partial charge in [-0.25, -0.2) is 0 Å². The van der Waals surface area contributed by atoms with Crippen LogP contribution in [0.5, 0.6) is 0 Å². The molecule has 1 aromatic carbocycles. The third-order valence-electron chi connectivity index (χ3n) is 5.79. The molecule has 2 aliphatic carbocycles. The summed E-state index contributed by atoms with van der Waals surface area (Å²) in [5, 5.41) is 0. The van der Waals surface area contributed by atoms with Crippen LogP contribution < -0.4 is 0 Å². The number of hydrogen-bond donors (Lipinski definition) is 0. The summed E-state index contributed by atoms with van der Waals surface area (Å²) >= 11 is 0. The number of carbonyl (C=O) groups excluding carboxylic acids is 2. The van der Waals surface area contributed by atoms with Crippen LogP contribution in [0.4, 0.5) is 0 Å². The maximum atomic E-state index is 13.0. The lowest BCUT2D eigenvalue weighted by Gasteiger charge is -2.37. The van der Waals surface area contributed by atoms with Crippen LogP contribution in [0.25, 0.3) is 0 Å². The molecule has 1 heterocycles. The topological polar surface area (TPSA) is 40.6 Å². The summed E-state index contributed by atoms with van der Waals surface area (Å²) in [6, 6.07) is 10.2. The second-order valence-electron chi connectivity index (χ2n) is 7.39. The number of amides is 2. The van der Waals surface area contributed by atoms with Gasteiger partial charge in [-0.05, 0) is 30.7 Å². The summed E-state index contributed by atoms with van der Waals surface area (Å²) in [6.07, 6.45) is 2.94. The van der Waals surface area contributed by atoms with Crippen molar-refractivity contribution in [2.24, 2.45) is 11.8 Å². The highest BCUT2D eigenvalue weighted by Crippen LogP contribution is 2.49. The highest BCUT2D eigenvalue weighted by molar-refractivity contribution is 5.91. The Morgan fingerprint density at radius 2 is 1.57 bits per heavy atom. The van der Waals surface area contributed by atoms with Gasteiger partial charge in [0.2, 0.25) is 11.8 Å². The second kappa shape index (κ2) is 5.36. The van der Waals surface area contributed by atoms with Crippen LogP contribution in [-0.4, -0.2) is 47.8 Å². The fourth-order valence-electron chi connectivity index (χ4n) is 3.84. The first kappa shape index (κ1) is 14.7. The molecule has 0 aromatic heterocycles. The Balaban J connectivity index is 1.39. The van der Waals surface area contributed by atoms with E-state index in [4.69, 9.17) is 0 Å². The monoisotopic (exact) mass is 312 g/mol. The van der Waals surface area contributed by atoms with E-state index in [0.717, 1.165) is 24.8 Å². The van der Waals surface area contributed by atoms with Gasteiger partial charge in [-0.3, -0.25) is 9.59 Å². The molecular formula is C19H24N2O2. The molecule has 4 heteroatoms. The molecule has 1 aromatic rings. The van der Waals surface area contributed by atoms with Crippen molar-refractivity contribution < 1.29 is 9.59 Å². The predicted molar refractivity (Wildman–Crippen MR) is 87.8 cm³/mol. The zero-order valence-electron chi connectivity index (χ0n) is 13.7. The lowest BCUT2D eigenvalue weighted by atomic mass is 9.94. The van der Waals surface area contributed by atoms with Gasteiger partial charge < -0.3 is 9.80 Å². The van der Waals surface area contributed by atoms with E-state index < -0.39 is 0 Å². The quantitative estimate of drug-likeness (QED) is 0.857. The number of benzene rings is 1. The highest BCUT2D eigenvalue weighted by Gasteiger charge is 2.53. The molecule has 23 heavy (non-hydrogen) atoms. The van der Waals surface area contributed by atoms with Crippen LogP contribution in [0.3, 0.4) is 0 Å². The minimum atomic E-state index is -0.279. The van der Waals surface area contributed by atoms with Crippen molar-refractivity contribution in [3.63, 3.8) is 0 Å². The smallest absolute Gasteiger partial charge is 0.233 e. The Labute approximate surface area is 137 Å². The lowest BCUT2D eigenvalue weighted by Crippen LogP contribution is -2.53. The van der Waals surface area contributed by atoms with Crippen LogP contribution in [0.2, 0.25) is 0 Å². The molecule has 0 spiro atoms. The minimum Gasteiger partial charge on any atom is -0.339 e. The summed E-state index contributed by atoms with van der Waals surface area (Å²) < 4.78 is 0. The van der Waals surface area contributed by atoms with Crippen LogP contribution >= 0.6 is 0 Å². The molecule has 122 valence electrons. The Morgan fingerprint density at radius 3 is 2.09 bits per heavy atom. The van der Waals surface area contributed by atoms with Crippen molar-refractivity contribution in [1.82, 2.24) is 9.80 Å². The standard InChI is InChI=1S/C19H24N2O2/c1-14-13-16(14)17(22)20-9-11-21(12-10-20)18(23)19(7-8-19)15-5-3-2-4-6-15/h2-6,14,16H,7-13H2,1H3/t14-,16+/m0/s1. The van der Waals surface area contributed by atoms with Gasteiger partial charge >= 0.3 is 0 Å². The lowest BCUT2D eigenvalue weighted by molar-refractivity contribution is -0.141. The molecule has 2 saturated carbocycles. The fourth-order valence-corrected chi connectivity index (χ4v) is 3.84. The molecule has 1 aliphatic heterocycles. The van der Waals surface area contributed by atoms with Gasteiger partial charge in [0, 0.05) is 32.1 Å². The molecule has 0 unspecified atom stereocenters. The van der Waals surface area contributed by atoms with Gasteiger partial charge in [0.05, 0.1) is 5.41 Å². The van der Waals surface area contributed by atoms with Crippen molar-refractivity contribution in [1.29, 1.82) is 0 Å². The molecule has 0 bridgehead atoms. The van der Waals surface area contributed by atoms with Crippen LogP contribution in [0.1, 0.15) is 31.7 Å². The normalized spacial score (nSPS) is 28.4. The van der Waals surface area contributed by atoms with E-state index in [1.165, 1.54) is 0 Å². The summed E-state index contributed by atoms with van der Waals surface area (Å²) in [5.74, 6) is 1.36. The SMILES string of the molecule is C[C@H]1C[C@H]1C(=O)N1CCN(C(=O)C2(c3ccccc3)CC2)CC1. The Hall–Kier alpha value is -1.84. The summed E-state index contributed by atoms with van der Waals surface area (Å²) in [7, 11) is 0. The summed E-state index contributed by atoms with van der Waals surface area (Å²) in [5.41, 5.74) is 0.869. The predicted octanol–water partition coefficient (Wildman–Crippen LogP) is 2.04. The minimum absolute atomic E-state index is 0.247. The number of carbonyl (C=O) groups is 2. The van der Waals surface area contributed by atoms with Crippen molar-refractivity contribution in [2.45, 2.75) is 31.6 Å². The first-order chi connectivity index (χ1) is 11.1. The Bertz CT molecular complexity index is 616. The number of hydrogen-bond acceptors (Lipinski definition) is 2. The zero-order chi connectivity index (χ0) is 16.0. The average Bonchev–Trinajstić information content (AvgIpc) is 3.51. The van der Waals surface area contributed by atoms with E-state index in [1.54, 1.807) is 0 Å². The van der Waals surface area contributed by atoms with Crippen molar-refractivity contribution >= 4 is 11.8 Å². The summed E-state index contributed by atoms with van der Waals surface area (Å²) in [6.45, 7) is 4.89. The first-order valence-electron chi connectivity index (χ1n) is 8.75. The van der Waals surface area contributed by atoms with E-state index in [1.807, 2.05) is 28.0 Å². The van der Waals surface area contributed by atoms with Crippen molar-refractivity contribution in [3.05, 3.63) is 35.9 Å². The third kappa shape index (κ3) is 2.54. The molecule has 3 aliphatic rings. The van der Waals surface area contributed by atoms with Gasteiger partial charge in [-0.1, -0.05) is 37.3 Å². The van der Waals surface area contributed by atoms with E-state index in [-0.39, 0.29) is 17.2 Å². The van der Waals surface area contributed by atoms with Crippen LogP contribution in [-0.2, 0) is 15.0 Å². The Kier molecular flexibility index (Phi) is 3.43. The molecule has 0 N–H and O–H groups in total. The number of nitrogens with zero attached hydrogens (tertiary/aromatic N) is 2. The molecule has 4 rings (SSSR count). The van der Waals surface area contributed by atoms with E-state index in [9.17, 15) is 9.59 Å². The van der Waals surface area contributed by atoms with E-state index in [0.29, 0.717) is 38.0 Å². The molecule has 0 radical (unpaired) electrons. The van der Waals surface area contributed by atoms with Gasteiger partial charge in [0.1, 0.15) is 0 Å². The number of rotatable bonds is 3. The second-order valence-corrected chi connectivity index (χ2v) is 7.39. The van der Waals surface area contributed by atoms with E-state index >= 15 is 0 Å². The van der Waals surface area contributed by atoms with Gasteiger partial charge in [-0.2, -0.15) is 0 Å². The molecule has 4 nitrogen and oxygen atoms in total. The van der Waals surface area contributed by atoms with Crippen LogP contribution in [0, 0.1) is 11.8 Å². The molecule has 2 atom stereocenters. The molecule has 1 saturated heterocycles. The third-order valence-corrected chi connectivity index (χ3v) is 5.79. The van der Waals surface area contributed by atoms with Gasteiger partial charge in [0.15, 0.2) is 0 Å². The maximum Gasteiger partial charge on any atom is 0.233 e. The molecule has 3 fully saturated rings. The van der Waals surface area contributed by atoms with Crippen LogP contribution in [0.15, 0.2) is 30.3 Å². The van der Waals surface area contributed by atoms with Crippen molar-refractivity contribution in [2.75, 3.05) is 26.2 Å². The first-order valence-corrected chi connectivity index (χ1v) is 8.75. The van der Waals surface area contributed by atoms with Gasteiger partial charge in [0.25, 0.3) is 0 Å². The number of piperazine rings is 1. The largest absolute Gasteiger partial charge is 0.339 e. The fraction of sp³-hybridized carbons (Fsp3) is 0.579. The average molecular weight is 312 g/mol. The zero-order valence-corrected chi connectivity index (χ0v) is 13.7. The maximum absolute atomic E-state index is 13.0. The van der Waals surface area contributed by atoms with E-state index in [2.05, 4.69) is 19.1 Å². The Morgan fingerprint density at radius 1 is 1.00 bits per heavy atom. The van der Waals surface area contributed by atoms with Gasteiger partial charge in [-0.15, -0.1) is 0 Å². The highest BCUT2D eigenvalue weighted by atomic mass is 16.2. The molecule has 2 amide bonds. The van der Waals surface area contributed by atoms with Crippen molar-refractivity contribution in [3.8, 4) is 0 Å². The summed E-state index contributed by atoms with van der Waals surface area (Å²) in [4.78, 5) is 29.2. The molecular weight excluding hydrogens is 288 g/mol.